The summed E-state index contributed by atoms with van der Waals surface area (Å²) in [4.78, 5) is 27.6. The molecule has 0 aliphatic carbocycles. The van der Waals surface area contributed by atoms with Gasteiger partial charge in [-0.1, -0.05) is 0 Å². The number of ether oxygens (including phenoxy) is 1. The highest BCUT2D eigenvalue weighted by Crippen LogP contribution is 2.34. The predicted octanol–water partition coefficient (Wildman–Crippen LogP) is 3.18. The molecule has 10 nitrogen and oxygen atoms in total. The fourth-order valence-corrected chi connectivity index (χ4v) is 4.18. The van der Waals surface area contributed by atoms with E-state index < -0.39 is 11.2 Å². The summed E-state index contributed by atoms with van der Waals surface area (Å²) in [6.07, 6.45) is 9.22. The third kappa shape index (κ3) is 5.10. The van der Waals surface area contributed by atoms with Gasteiger partial charge in [-0.25, -0.2) is 4.98 Å². The number of fused-ring (bicyclic) bond motifs is 1. The number of H-pyrrole nitrogens is 1. The van der Waals surface area contributed by atoms with E-state index in [9.17, 15) is 4.79 Å². The average molecular weight is 595 g/mol. The van der Waals surface area contributed by atoms with Crippen molar-refractivity contribution in [2.24, 2.45) is 10.7 Å². The lowest BCUT2D eigenvalue weighted by Crippen LogP contribution is -2.43. The minimum Gasteiger partial charge on any atom is -0.480 e. The molecule has 2 aliphatic rings. The third-order valence-corrected chi connectivity index (χ3v) is 5.85. The molecule has 0 aromatic carbocycles. The number of nitrogens with two attached hydrogens (primary N) is 1. The van der Waals surface area contributed by atoms with E-state index in [1.54, 1.807) is 17.3 Å². The summed E-state index contributed by atoms with van der Waals surface area (Å²) >= 11 is 2.19. The number of aromatic amines is 1. The van der Waals surface area contributed by atoms with E-state index in [-0.39, 0.29) is 15.9 Å². The molecule has 0 fully saturated rings. The number of nitrogens with zero attached hydrogens (tertiary/aromatic N) is 5. The lowest BCUT2D eigenvalue weighted by atomic mass is 9.97. The molecule has 2 aliphatic heterocycles. The van der Waals surface area contributed by atoms with Gasteiger partial charge in [0.25, 0.3) is 0 Å². The number of imidazole rings is 1. The summed E-state index contributed by atoms with van der Waals surface area (Å²) in [6, 6.07) is -0.484. The molecule has 0 bridgehead atoms. The lowest BCUT2D eigenvalue weighted by molar-refractivity contribution is 0.0667. The molecule has 34 heavy (non-hydrogen) atoms. The molecule has 0 radical (unpaired) electrons. The number of alkyl halides is 1. The molecule has 0 spiro atoms. The molecule has 4 rings (SSSR count). The number of rotatable bonds is 7. The molecule has 180 valence electrons. The van der Waals surface area contributed by atoms with Gasteiger partial charge in [0.2, 0.25) is 5.89 Å². The van der Waals surface area contributed by atoms with Crippen LogP contribution in [-0.2, 0) is 16.3 Å². The Balaban J connectivity index is 1.68. The van der Waals surface area contributed by atoms with Crippen LogP contribution in [0.1, 0.15) is 54.8 Å². The Morgan fingerprint density at radius 2 is 2.26 bits per heavy atom. The van der Waals surface area contributed by atoms with Gasteiger partial charge in [-0.2, -0.15) is 0 Å². The first kappa shape index (κ1) is 24.6. The largest absolute Gasteiger partial charge is 0.480 e. The zero-order valence-electron chi connectivity index (χ0n) is 19.2. The topological polar surface area (TPSA) is 136 Å². The van der Waals surface area contributed by atoms with Crippen molar-refractivity contribution in [2.45, 2.75) is 42.5 Å². The van der Waals surface area contributed by atoms with E-state index in [0.717, 1.165) is 22.7 Å². The Labute approximate surface area is 213 Å². The van der Waals surface area contributed by atoms with Crippen LogP contribution in [0, 0.1) is 0 Å². The van der Waals surface area contributed by atoms with Gasteiger partial charge in [0.05, 0.1) is 29.4 Å². The van der Waals surface area contributed by atoms with Gasteiger partial charge in [0.15, 0.2) is 0 Å². The number of aromatic nitrogens is 4. The molecule has 4 heterocycles. The van der Waals surface area contributed by atoms with E-state index in [1.165, 1.54) is 6.20 Å². The average Bonchev–Trinajstić information content (AvgIpc) is 3.54. The van der Waals surface area contributed by atoms with E-state index in [1.807, 2.05) is 32.9 Å². The number of allylic oxidation sites excluding steroid dienone is 2. The molecular weight excluding hydrogens is 568 g/mol. The molecule has 3 N–H and O–H groups in total. The molecule has 2 aromatic heterocycles. The van der Waals surface area contributed by atoms with Gasteiger partial charge in [-0.05, 0) is 67.8 Å². The van der Waals surface area contributed by atoms with Gasteiger partial charge in [0, 0.05) is 24.2 Å². The maximum atomic E-state index is 13.5. The van der Waals surface area contributed by atoms with E-state index in [4.69, 9.17) is 19.9 Å². The van der Waals surface area contributed by atoms with Crippen LogP contribution in [0.5, 0.6) is 0 Å². The Hall–Kier alpha value is -2.53. The van der Waals surface area contributed by atoms with Gasteiger partial charge in [0.1, 0.15) is 15.9 Å². The molecule has 3 atom stereocenters. The molecular formula is C22H27IN7O3P. The van der Waals surface area contributed by atoms with Crippen molar-refractivity contribution in [3.63, 3.8) is 0 Å². The highest BCUT2D eigenvalue weighted by atomic mass is 127. The fraction of sp³-hybridized carbons (Fsp3) is 0.409. The maximum Gasteiger partial charge on any atom is 0.312 e. The van der Waals surface area contributed by atoms with Crippen molar-refractivity contribution in [3.05, 3.63) is 65.3 Å². The summed E-state index contributed by atoms with van der Waals surface area (Å²) in [6.45, 7) is 6.67. The van der Waals surface area contributed by atoms with Crippen LogP contribution in [0.2, 0.25) is 0 Å². The van der Waals surface area contributed by atoms with Crippen molar-refractivity contribution in [2.75, 3.05) is 13.1 Å². The zero-order valence-corrected chi connectivity index (χ0v) is 22.5. The number of halogens is 1. The van der Waals surface area contributed by atoms with Crippen LogP contribution >= 0.6 is 31.8 Å². The molecule has 1 amide bonds. The Morgan fingerprint density at radius 1 is 1.47 bits per heavy atom. The second-order valence-corrected chi connectivity index (χ2v) is 11.7. The minimum atomic E-state index is -0.484. The first-order valence-electron chi connectivity index (χ1n) is 10.8. The van der Waals surface area contributed by atoms with Crippen LogP contribution in [0.15, 0.2) is 51.5 Å². The Kier molecular flexibility index (Phi) is 7.22. The third-order valence-electron chi connectivity index (χ3n) is 5.34. The Bertz CT molecular complexity index is 1190. The first-order valence-corrected chi connectivity index (χ1v) is 12.6. The summed E-state index contributed by atoms with van der Waals surface area (Å²) < 4.78 is 11.6. The summed E-state index contributed by atoms with van der Waals surface area (Å²) in [5.74, 6) is 0.661. The van der Waals surface area contributed by atoms with Crippen LogP contribution in [0.4, 0.5) is 0 Å². The predicted molar refractivity (Wildman–Crippen MR) is 139 cm³/mol. The second kappa shape index (κ2) is 9.99. The van der Waals surface area contributed by atoms with Crippen LogP contribution < -0.4 is 5.73 Å². The summed E-state index contributed by atoms with van der Waals surface area (Å²) in [5.41, 5.74) is 8.88. The van der Waals surface area contributed by atoms with Crippen LogP contribution in [0.3, 0.4) is 0 Å². The number of hydrogen-bond donors (Lipinski definition) is 2. The van der Waals surface area contributed by atoms with Gasteiger partial charge >= 0.3 is 11.8 Å². The Morgan fingerprint density at radius 3 is 2.94 bits per heavy atom. The number of amides is 1. The van der Waals surface area contributed by atoms with Crippen molar-refractivity contribution < 1.29 is 13.9 Å². The van der Waals surface area contributed by atoms with Crippen molar-refractivity contribution >= 4 is 43.4 Å². The highest BCUT2D eigenvalue weighted by molar-refractivity contribution is 14.1. The zero-order chi connectivity index (χ0) is 24.5. The maximum absolute atomic E-state index is 13.5. The highest BCUT2D eigenvalue weighted by Gasteiger charge is 2.39. The fourth-order valence-electron chi connectivity index (χ4n) is 3.79. The van der Waals surface area contributed by atoms with Gasteiger partial charge in [-0.15, -0.1) is 19.4 Å². The summed E-state index contributed by atoms with van der Waals surface area (Å²) in [7, 11) is 2.64. The molecule has 2 aromatic rings. The van der Waals surface area contributed by atoms with Crippen LogP contribution in [-0.4, -0.2) is 53.9 Å². The quantitative estimate of drug-likeness (QED) is 0.165. The molecule has 12 heteroatoms. The number of aliphatic imine (C=N–C) groups is 1. The lowest BCUT2D eigenvalue weighted by Gasteiger charge is -2.33. The van der Waals surface area contributed by atoms with E-state index in [2.05, 4.69) is 52.0 Å². The van der Waals surface area contributed by atoms with Crippen molar-refractivity contribution in [1.29, 1.82) is 0 Å². The molecule has 0 saturated heterocycles. The van der Waals surface area contributed by atoms with E-state index >= 15 is 0 Å². The van der Waals surface area contributed by atoms with Crippen molar-refractivity contribution in [3.8, 4) is 0 Å². The van der Waals surface area contributed by atoms with Gasteiger partial charge in [-0.3, -0.25) is 9.79 Å². The summed E-state index contributed by atoms with van der Waals surface area (Å²) in [5, 5.41) is 7.64. The van der Waals surface area contributed by atoms with Crippen molar-refractivity contribution in [1.82, 2.24) is 25.1 Å². The monoisotopic (exact) mass is 595 g/mol. The van der Waals surface area contributed by atoms with E-state index in [0.29, 0.717) is 31.2 Å². The normalized spacial score (nSPS) is 19.7. The molecule has 0 saturated carbocycles. The number of carbonyl (C=O) groups is 1. The first-order chi connectivity index (χ1) is 16.2. The minimum absolute atomic E-state index is 0.0432. The SMILES string of the molecule is CC(I)O/C(=C/C=C\N)C1=CC([C@@H]2c3nc[nH]c3CCN2C(=O)c2nnc(C(C)(C)P)o2)=NC1. The second-order valence-electron chi connectivity index (χ2n) is 8.54. The van der Waals surface area contributed by atoms with Crippen LogP contribution in [0.25, 0.3) is 0 Å². The van der Waals surface area contributed by atoms with Gasteiger partial charge < -0.3 is 24.8 Å². The standard InChI is InChI=1S/C22H27IN7O3P/c1-12(23)32-16(5-4-7-24)13-9-15(25-10-13)18-17-14(26-11-27-17)6-8-30(18)20(31)19-28-29-21(33-19)22(2,3)34/h4-5,7,9,11-12,18H,6,8,10,24,34H2,1-3H3,(H,26,27)/b7-4-,16-5+/t12?,18-/m1/s1. The smallest absolute Gasteiger partial charge is 0.312 e. The number of carbonyl (C=O) groups excluding carboxylic acids is 1. The molecule has 2 unspecified atom stereocenters. The number of hydrogen-bond acceptors (Lipinski definition) is 8. The number of nitrogens with one attached hydrogen (secondary N) is 1.